The summed E-state index contributed by atoms with van der Waals surface area (Å²) in [6.45, 7) is 0.282. The van der Waals surface area contributed by atoms with Crippen molar-refractivity contribution in [1.29, 1.82) is 5.41 Å². The summed E-state index contributed by atoms with van der Waals surface area (Å²) >= 11 is 5.65. The van der Waals surface area contributed by atoms with Crippen LogP contribution in [0.4, 0.5) is 4.79 Å². The highest BCUT2D eigenvalue weighted by Crippen LogP contribution is 2.11. The van der Waals surface area contributed by atoms with E-state index in [1.54, 1.807) is 0 Å². The minimum atomic E-state index is -1.33. The quantitative estimate of drug-likeness (QED) is 0.211. The molecule has 1 amide bonds. The second kappa shape index (κ2) is 5.70. The zero-order valence-corrected chi connectivity index (χ0v) is 8.40. The highest BCUT2D eigenvalue weighted by Gasteiger charge is 2.15. The van der Waals surface area contributed by atoms with Gasteiger partial charge in [0.1, 0.15) is 11.0 Å². The average Bonchev–Trinajstić information content (AvgIpc) is 2.08. The summed E-state index contributed by atoms with van der Waals surface area (Å²) in [5.41, 5.74) is 14.6. The number of carbonyl (C=O) groups is 1. The topological polar surface area (TPSA) is 155 Å². The first-order valence-electron chi connectivity index (χ1n) is 3.62. The Morgan fingerprint density at radius 1 is 1.67 bits per heavy atom. The number of nitrogens with one attached hydrogen (secondary N) is 1. The second-order valence-corrected chi connectivity index (χ2v) is 2.77. The van der Waals surface area contributed by atoms with Crippen LogP contribution in [0.3, 0.4) is 0 Å². The molecule has 0 aromatic heterocycles. The molecule has 1 aliphatic heterocycles. The smallest absolute Gasteiger partial charge is 0.402 e. The van der Waals surface area contributed by atoms with Crippen molar-refractivity contribution >= 4 is 29.5 Å². The highest BCUT2D eigenvalue weighted by atomic mass is 35.5. The van der Waals surface area contributed by atoms with E-state index in [1.807, 2.05) is 0 Å². The van der Waals surface area contributed by atoms with Crippen LogP contribution in [0.1, 0.15) is 0 Å². The van der Waals surface area contributed by atoms with Crippen LogP contribution in [-0.2, 0) is 0 Å². The number of halogens is 1. The van der Waals surface area contributed by atoms with E-state index in [0.717, 1.165) is 0 Å². The molecule has 9 heteroatoms. The minimum absolute atomic E-state index is 0.135. The van der Waals surface area contributed by atoms with Crippen LogP contribution < -0.4 is 17.2 Å². The first kappa shape index (κ1) is 13.0. The molecule has 0 saturated carbocycles. The predicted octanol–water partition coefficient (Wildman–Crippen LogP) is -0.787. The van der Waals surface area contributed by atoms with Gasteiger partial charge in [-0.15, -0.1) is 0 Å². The van der Waals surface area contributed by atoms with Crippen molar-refractivity contribution in [2.24, 2.45) is 22.2 Å². The standard InChI is InChI=1S/C5H8ClN5.CH3NO2/c6-3-1-10-4(7)2-11(3)5(8)9;2-1(3)4/h1H,2H2,(H2,7,10)(H3,8,9);2H2,(H,3,4). The lowest BCUT2D eigenvalue weighted by Crippen LogP contribution is -2.41. The van der Waals surface area contributed by atoms with Gasteiger partial charge in [-0.1, -0.05) is 11.6 Å². The Morgan fingerprint density at radius 3 is 2.47 bits per heavy atom. The molecule has 1 heterocycles. The second-order valence-electron chi connectivity index (χ2n) is 2.38. The van der Waals surface area contributed by atoms with Crippen LogP contribution >= 0.6 is 11.6 Å². The van der Waals surface area contributed by atoms with Crippen LogP contribution in [-0.4, -0.2) is 34.4 Å². The minimum Gasteiger partial charge on any atom is -0.465 e. The molecule has 0 spiro atoms. The van der Waals surface area contributed by atoms with Crippen molar-refractivity contribution in [2.75, 3.05) is 6.54 Å². The lowest BCUT2D eigenvalue weighted by molar-refractivity contribution is 0.205. The molecule has 1 aliphatic rings. The summed E-state index contributed by atoms with van der Waals surface area (Å²) in [5.74, 6) is 0.258. The summed E-state index contributed by atoms with van der Waals surface area (Å²) in [7, 11) is 0. The van der Waals surface area contributed by atoms with Gasteiger partial charge in [0.05, 0.1) is 12.7 Å². The lowest BCUT2D eigenvalue weighted by Gasteiger charge is -2.22. The maximum Gasteiger partial charge on any atom is 0.402 e. The largest absolute Gasteiger partial charge is 0.465 e. The Balaban J connectivity index is 0.000000423. The summed E-state index contributed by atoms with van der Waals surface area (Å²) in [5, 5.41) is 14.6. The number of amidine groups is 1. The Labute approximate surface area is 90.5 Å². The van der Waals surface area contributed by atoms with Crippen LogP contribution in [0, 0.1) is 5.41 Å². The maximum atomic E-state index is 8.78. The number of amides is 1. The Hall–Kier alpha value is -1.96. The molecule has 0 radical (unpaired) electrons. The average molecular weight is 235 g/mol. The molecule has 1 rings (SSSR count). The SMILES string of the molecule is N=C(N)N1CC(N)=NC=C1Cl.NC(=O)O. The molecule has 0 aliphatic carbocycles. The maximum absolute atomic E-state index is 8.78. The molecule has 0 fully saturated rings. The summed E-state index contributed by atoms with van der Waals surface area (Å²) < 4.78 is 0. The first-order chi connectivity index (χ1) is 6.84. The molecule has 8 N–H and O–H groups in total. The predicted molar refractivity (Wildman–Crippen MR) is 56.4 cm³/mol. The molecule has 0 unspecified atom stereocenters. The number of primary amides is 1. The van der Waals surface area contributed by atoms with Crippen LogP contribution in [0.25, 0.3) is 0 Å². The summed E-state index contributed by atoms with van der Waals surface area (Å²) in [4.78, 5) is 13.9. The lowest BCUT2D eigenvalue weighted by atomic mass is 10.4. The van der Waals surface area contributed by atoms with Crippen molar-refractivity contribution in [2.45, 2.75) is 0 Å². The van der Waals surface area contributed by atoms with Crippen molar-refractivity contribution in [3.05, 3.63) is 11.4 Å². The monoisotopic (exact) mass is 234 g/mol. The molecule has 0 aromatic carbocycles. The third-order valence-electron chi connectivity index (χ3n) is 1.21. The Kier molecular flexibility index (Phi) is 4.96. The van der Waals surface area contributed by atoms with E-state index in [0.29, 0.717) is 11.0 Å². The van der Waals surface area contributed by atoms with Gasteiger partial charge in [-0.2, -0.15) is 0 Å². The van der Waals surface area contributed by atoms with Crippen molar-refractivity contribution < 1.29 is 9.90 Å². The fourth-order valence-electron chi connectivity index (χ4n) is 0.684. The fourth-order valence-corrected chi connectivity index (χ4v) is 0.884. The molecule has 0 bridgehead atoms. The van der Waals surface area contributed by atoms with E-state index >= 15 is 0 Å². The molecule has 84 valence electrons. The van der Waals surface area contributed by atoms with Crippen molar-refractivity contribution in [1.82, 2.24) is 4.90 Å². The Bertz CT molecular complexity index is 322. The van der Waals surface area contributed by atoms with Gasteiger partial charge in [0.25, 0.3) is 0 Å². The van der Waals surface area contributed by atoms with E-state index in [4.69, 9.17) is 38.4 Å². The zero-order chi connectivity index (χ0) is 12.0. The Morgan fingerprint density at radius 2 is 2.13 bits per heavy atom. The van der Waals surface area contributed by atoms with Gasteiger partial charge in [-0.05, 0) is 0 Å². The van der Waals surface area contributed by atoms with Gasteiger partial charge in [-0.3, -0.25) is 10.3 Å². The van der Waals surface area contributed by atoms with Crippen molar-refractivity contribution in [3.8, 4) is 0 Å². The van der Waals surface area contributed by atoms with Crippen LogP contribution in [0.15, 0.2) is 16.3 Å². The van der Waals surface area contributed by atoms with E-state index in [9.17, 15) is 0 Å². The number of nitrogens with two attached hydrogens (primary N) is 3. The van der Waals surface area contributed by atoms with Gasteiger partial charge < -0.3 is 22.3 Å². The highest BCUT2D eigenvalue weighted by molar-refractivity contribution is 6.30. The van der Waals surface area contributed by atoms with E-state index in [-0.39, 0.29) is 12.5 Å². The fraction of sp³-hybridized carbons (Fsp3) is 0.167. The zero-order valence-electron chi connectivity index (χ0n) is 7.64. The number of hydrogen-bond donors (Lipinski definition) is 5. The van der Waals surface area contributed by atoms with Crippen LogP contribution in [0.2, 0.25) is 0 Å². The third-order valence-corrected chi connectivity index (χ3v) is 1.51. The third kappa shape index (κ3) is 5.37. The van der Waals surface area contributed by atoms with E-state index in [1.165, 1.54) is 11.1 Å². The number of nitrogens with zero attached hydrogens (tertiary/aromatic N) is 2. The van der Waals surface area contributed by atoms with E-state index < -0.39 is 6.09 Å². The number of carboxylic acid groups (broad SMARTS) is 1. The van der Waals surface area contributed by atoms with Gasteiger partial charge in [0.2, 0.25) is 0 Å². The van der Waals surface area contributed by atoms with Crippen LogP contribution in [0.5, 0.6) is 0 Å². The van der Waals surface area contributed by atoms with Gasteiger partial charge in [0, 0.05) is 0 Å². The van der Waals surface area contributed by atoms with Gasteiger partial charge in [0.15, 0.2) is 5.96 Å². The van der Waals surface area contributed by atoms with Gasteiger partial charge in [-0.25, -0.2) is 9.79 Å². The number of hydrogen-bond acceptors (Lipinski definition) is 4. The van der Waals surface area contributed by atoms with Crippen molar-refractivity contribution in [3.63, 3.8) is 0 Å². The summed E-state index contributed by atoms with van der Waals surface area (Å²) in [6.07, 6.45) is 0.0296. The molecule has 8 nitrogen and oxygen atoms in total. The molecule has 0 saturated heterocycles. The molecule has 15 heavy (non-hydrogen) atoms. The first-order valence-corrected chi connectivity index (χ1v) is 4.00. The molecular formula is C6H11ClN6O2. The normalized spacial score (nSPS) is 14.3. The number of guanidine groups is 1. The number of rotatable bonds is 0. The van der Waals surface area contributed by atoms with E-state index in [2.05, 4.69) is 10.7 Å². The summed E-state index contributed by atoms with van der Waals surface area (Å²) in [6, 6.07) is 0. The number of aliphatic imine (C=N–C) groups is 1. The molecular weight excluding hydrogens is 224 g/mol. The molecule has 0 aromatic rings. The van der Waals surface area contributed by atoms with Gasteiger partial charge >= 0.3 is 6.09 Å². The molecule has 0 atom stereocenters.